The first-order valence-corrected chi connectivity index (χ1v) is 22.2. The third-order valence-corrected chi connectivity index (χ3v) is 13.5. The Balaban J connectivity index is 0.804. The molecule has 6 heterocycles. The fourth-order valence-corrected chi connectivity index (χ4v) is 10.2. The fraction of sp³-hybridized carbons (Fsp3) is 0.208. The Hall–Kier alpha value is -7.87. The number of nitrogens with zero attached hydrogens (tertiary/aromatic N) is 6. The van der Waals surface area contributed by atoms with E-state index in [9.17, 15) is 36.3 Å². The number of esters is 1. The largest absolute Gasteiger partial charge is 0.494 e. The van der Waals surface area contributed by atoms with E-state index in [0.29, 0.717) is 86.1 Å². The number of thiazole rings is 1. The maximum absolute atomic E-state index is 14.3. The molecule has 8 aromatic rings. The van der Waals surface area contributed by atoms with E-state index in [2.05, 4.69) is 34.8 Å². The highest BCUT2D eigenvalue weighted by atomic mass is 32.1. The second kappa shape index (κ2) is 16.5. The maximum Gasteiger partial charge on any atom is 0.360 e. The topological polar surface area (TPSA) is 158 Å². The number of aromatic amines is 2. The van der Waals surface area contributed by atoms with Gasteiger partial charge in [-0.15, -0.1) is 10.2 Å². The molecule has 68 heavy (non-hydrogen) atoms. The van der Waals surface area contributed by atoms with Gasteiger partial charge in [-0.3, -0.25) is 9.59 Å². The number of carbonyl (C=O) groups excluding carboxylic acids is 3. The first kappa shape index (κ1) is 42.7. The highest BCUT2D eigenvalue weighted by molar-refractivity contribution is 7.21. The number of amides is 2. The lowest BCUT2D eigenvalue weighted by Crippen LogP contribution is -2.29. The SMILES string of the molecule is COc1cc(N2CCCC2)c(OC)cc1N=Nc1nc2ccc(C(=O)N3CCc4c3ccc3[nH]c(C(=O)N5CCc6c5ccc5[nH]c(C(=O)Oc7c(F)c(F)c(F)c(F)c7F)cc65)cc43)cc2s1. The van der Waals surface area contributed by atoms with Crippen molar-refractivity contribution in [2.45, 2.75) is 25.7 Å². The van der Waals surface area contributed by atoms with E-state index in [1.807, 2.05) is 18.2 Å². The van der Waals surface area contributed by atoms with Crippen molar-refractivity contribution in [1.29, 1.82) is 0 Å². The third-order valence-electron chi connectivity index (χ3n) is 12.6. The number of hydrogen-bond donors (Lipinski definition) is 2. The second-order valence-corrected chi connectivity index (χ2v) is 17.4. The molecule has 2 N–H and O–H groups in total. The van der Waals surface area contributed by atoms with Crippen LogP contribution in [0.2, 0.25) is 0 Å². The average molecular weight is 947 g/mol. The average Bonchev–Trinajstić information content (AvgIpc) is 4.22. The molecule has 3 aromatic heterocycles. The van der Waals surface area contributed by atoms with Gasteiger partial charge in [0, 0.05) is 77.1 Å². The lowest BCUT2D eigenvalue weighted by Gasteiger charge is -2.21. The van der Waals surface area contributed by atoms with Crippen LogP contribution in [0.3, 0.4) is 0 Å². The van der Waals surface area contributed by atoms with E-state index in [4.69, 9.17) is 9.47 Å². The minimum Gasteiger partial charge on any atom is -0.494 e. The number of ether oxygens (including phenoxy) is 3. The molecule has 5 aromatic carbocycles. The number of aromatic nitrogens is 3. The molecule has 20 heteroatoms. The zero-order valence-corrected chi connectivity index (χ0v) is 36.8. The summed E-state index contributed by atoms with van der Waals surface area (Å²) in [6.45, 7) is 2.59. The van der Waals surface area contributed by atoms with Crippen molar-refractivity contribution in [1.82, 2.24) is 15.0 Å². The molecule has 0 aliphatic carbocycles. The van der Waals surface area contributed by atoms with E-state index in [1.54, 1.807) is 66.5 Å². The highest BCUT2D eigenvalue weighted by Crippen LogP contribution is 2.43. The summed E-state index contributed by atoms with van der Waals surface area (Å²) < 4.78 is 86.3. The molecule has 14 nitrogen and oxygen atoms in total. The van der Waals surface area contributed by atoms with E-state index < -0.39 is 40.8 Å². The molecule has 344 valence electrons. The van der Waals surface area contributed by atoms with Gasteiger partial charge in [0.15, 0.2) is 0 Å². The van der Waals surface area contributed by atoms with Crippen molar-refractivity contribution < 1.29 is 50.5 Å². The van der Waals surface area contributed by atoms with Crippen LogP contribution in [0.1, 0.15) is 55.3 Å². The van der Waals surface area contributed by atoms with Crippen LogP contribution in [0.15, 0.2) is 77.0 Å². The standard InChI is InChI=1S/C48H35F5N8O6S/c1-65-36-21-35(59-13-3-4-14-59)37(66-2)20-30(36)57-58-48-56-29-6-5-22(17-38(29)68-48)45(62)60-15-11-23-25-18-31(54-27(25)7-9-33(23)60)46(63)61-16-12-24-26-19-32(55-28(26)8-10-34(24)61)47(64)67-44-42(52)40(50)39(49)41(51)43(44)53/h5-10,17-21,54-55H,3-4,11-16H2,1-2H3. The molecule has 0 unspecified atom stereocenters. The van der Waals surface area contributed by atoms with Gasteiger partial charge in [-0.25, -0.2) is 22.9 Å². The van der Waals surface area contributed by atoms with Crippen LogP contribution in [0.5, 0.6) is 17.2 Å². The van der Waals surface area contributed by atoms with Gasteiger partial charge in [0.1, 0.15) is 28.6 Å². The Labute approximate surface area is 385 Å². The maximum atomic E-state index is 14.3. The molecule has 0 saturated carbocycles. The van der Waals surface area contributed by atoms with Crippen LogP contribution in [0.4, 0.5) is 49.8 Å². The summed E-state index contributed by atoms with van der Waals surface area (Å²) in [4.78, 5) is 57.3. The molecule has 0 radical (unpaired) electrons. The number of carbonyl (C=O) groups is 3. The zero-order valence-electron chi connectivity index (χ0n) is 35.9. The van der Waals surface area contributed by atoms with Crippen molar-refractivity contribution in [2.75, 3.05) is 55.1 Å². The number of methoxy groups -OCH3 is 2. The molecule has 11 rings (SSSR count). The van der Waals surface area contributed by atoms with Crippen molar-refractivity contribution in [3.05, 3.63) is 124 Å². The van der Waals surface area contributed by atoms with Gasteiger partial charge in [-0.1, -0.05) is 11.3 Å². The number of H-pyrrole nitrogens is 2. The predicted molar refractivity (Wildman–Crippen MR) is 243 cm³/mol. The number of benzene rings is 5. The molecular weight excluding hydrogens is 912 g/mol. The zero-order chi connectivity index (χ0) is 47.1. The molecule has 2 amide bonds. The number of halogens is 5. The van der Waals surface area contributed by atoms with Crippen LogP contribution in [-0.2, 0) is 12.8 Å². The van der Waals surface area contributed by atoms with Crippen molar-refractivity contribution in [3.8, 4) is 17.2 Å². The lowest BCUT2D eigenvalue weighted by atomic mass is 10.1. The van der Waals surface area contributed by atoms with Crippen LogP contribution in [-0.4, -0.2) is 73.1 Å². The number of anilines is 3. The molecule has 3 aliphatic rings. The second-order valence-electron chi connectivity index (χ2n) is 16.4. The Bertz CT molecular complexity index is 3460. The third kappa shape index (κ3) is 6.96. The molecule has 0 spiro atoms. The number of rotatable bonds is 9. The van der Waals surface area contributed by atoms with Crippen molar-refractivity contribution in [2.24, 2.45) is 10.2 Å². The van der Waals surface area contributed by atoms with Gasteiger partial charge < -0.3 is 38.9 Å². The lowest BCUT2D eigenvalue weighted by molar-refractivity contribution is 0.0710. The van der Waals surface area contributed by atoms with Gasteiger partial charge in [0.2, 0.25) is 40.0 Å². The van der Waals surface area contributed by atoms with Gasteiger partial charge in [-0.2, -0.15) is 8.78 Å². The number of hydrogen-bond acceptors (Lipinski definition) is 11. The summed E-state index contributed by atoms with van der Waals surface area (Å²) in [6.07, 6.45) is 3.16. The predicted octanol–water partition coefficient (Wildman–Crippen LogP) is 10.6. The summed E-state index contributed by atoms with van der Waals surface area (Å²) in [5, 5.41) is 10.6. The smallest absolute Gasteiger partial charge is 0.360 e. The Morgan fingerprint density at radius 2 is 1.25 bits per heavy atom. The van der Waals surface area contributed by atoms with Gasteiger partial charge in [0.05, 0.1) is 30.1 Å². The molecule has 1 saturated heterocycles. The Morgan fingerprint density at radius 1 is 0.647 bits per heavy atom. The van der Waals surface area contributed by atoms with Crippen molar-refractivity contribution >= 4 is 89.0 Å². The molecule has 0 bridgehead atoms. The van der Waals surface area contributed by atoms with Gasteiger partial charge in [-0.05, 0) is 91.4 Å². The summed E-state index contributed by atoms with van der Waals surface area (Å²) in [5.74, 6) is -13.8. The summed E-state index contributed by atoms with van der Waals surface area (Å²) >= 11 is 1.31. The normalized spacial score (nSPS) is 14.5. The van der Waals surface area contributed by atoms with E-state index in [0.717, 1.165) is 53.0 Å². The van der Waals surface area contributed by atoms with Gasteiger partial charge in [0.25, 0.3) is 11.8 Å². The van der Waals surface area contributed by atoms with E-state index >= 15 is 0 Å². The fourth-order valence-electron chi connectivity index (χ4n) is 9.33. The Morgan fingerprint density at radius 3 is 1.90 bits per heavy atom. The van der Waals surface area contributed by atoms with Crippen LogP contribution >= 0.6 is 11.3 Å². The van der Waals surface area contributed by atoms with Crippen molar-refractivity contribution in [3.63, 3.8) is 0 Å². The summed E-state index contributed by atoms with van der Waals surface area (Å²) in [6, 6.07) is 19.1. The summed E-state index contributed by atoms with van der Waals surface area (Å²) in [5.41, 5.74) is 6.60. The monoisotopic (exact) mass is 946 g/mol. The minimum atomic E-state index is -2.38. The molecule has 3 aliphatic heterocycles. The molecular formula is C48H35F5N8O6S. The van der Waals surface area contributed by atoms with Crippen LogP contribution < -0.4 is 28.9 Å². The molecule has 1 fully saturated rings. The first-order valence-electron chi connectivity index (χ1n) is 21.4. The van der Waals surface area contributed by atoms with E-state index in [1.165, 1.54) is 17.4 Å². The first-order chi connectivity index (χ1) is 32.9. The highest BCUT2D eigenvalue weighted by Gasteiger charge is 2.33. The van der Waals surface area contributed by atoms with E-state index in [-0.39, 0.29) is 24.1 Å². The van der Waals surface area contributed by atoms with Crippen LogP contribution in [0.25, 0.3) is 32.0 Å². The van der Waals surface area contributed by atoms with Gasteiger partial charge >= 0.3 is 5.97 Å². The summed E-state index contributed by atoms with van der Waals surface area (Å²) in [7, 11) is 3.21. The number of fused-ring (bicyclic) bond motifs is 7. The number of azo groups is 1. The number of nitrogens with one attached hydrogen (secondary N) is 2. The Kier molecular flexibility index (Phi) is 10.4. The quantitative estimate of drug-likeness (QED) is 0.0361. The molecule has 0 atom stereocenters. The van der Waals surface area contributed by atoms with Crippen LogP contribution in [0, 0.1) is 29.1 Å². The minimum absolute atomic E-state index is 0.193.